The third-order valence-corrected chi connectivity index (χ3v) is 8.38. The van der Waals surface area contributed by atoms with Crippen molar-refractivity contribution in [2.75, 3.05) is 13.2 Å². The summed E-state index contributed by atoms with van der Waals surface area (Å²) in [4.78, 5) is 0. The molecule has 0 aromatic carbocycles. The Balaban J connectivity index is 1.50. The van der Waals surface area contributed by atoms with Crippen molar-refractivity contribution < 1.29 is 14.6 Å². The van der Waals surface area contributed by atoms with E-state index < -0.39 is 5.60 Å². The third-order valence-electron chi connectivity index (χ3n) is 8.38. The van der Waals surface area contributed by atoms with Gasteiger partial charge in [-0.1, -0.05) is 24.5 Å². The Morgan fingerprint density at radius 2 is 2.04 bits per heavy atom. The van der Waals surface area contributed by atoms with Crippen molar-refractivity contribution in [2.24, 2.45) is 17.3 Å². The van der Waals surface area contributed by atoms with E-state index in [2.05, 4.69) is 18.9 Å². The first-order chi connectivity index (χ1) is 12.6. The predicted octanol–water partition coefficient (Wildman–Crippen LogP) is 4.12. The fourth-order valence-electron chi connectivity index (χ4n) is 7.05. The van der Waals surface area contributed by atoms with Crippen molar-refractivity contribution in [1.29, 1.82) is 0 Å². The summed E-state index contributed by atoms with van der Waals surface area (Å²) < 4.78 is 12.0. The number of hydrogen-bond donors (Lipinski definition) is 1. The molecule has 2 fully saturated rings. The second kappa shape index (κ2) is 5.71. The first kappa shape index (κ1) is 17.0. The van der Waals surface area contributed by atoms with E-state index in [0.717, 1.165) is 64.6 Å². The molecule has 0 aromatic heterocycles. The molecule has 1 N–H and O–H groups in total. The van der Waals surface area contributed by atoms with Gasteiger partial charge in [-0.3, -0.25) is 0 Å². The Kier molecular flexibility index (Phi) is 3.74. The van der Waals surface area contributed by atoms with E-state index in [1.165, 1.54) is 6.42 Å². The summed E-state index contributed by atoms with van der Waals surface area (Å²) in [7, 11) is 0. The monoisotopic (exact) mass is 354 g/mol. The topological polar surface area (TPSA) is 38.7 Å². The quantitative estimate of drug-likeness (QED) is 0.720. The standard InChI is InChI=1S/C23H30O3/c1-3-21-10-7-18-17-8-12-23(25-13-14-26-23)15-16(17)5-6-19(18)20(21)9-11-22(21,24)4-2/h2,7,19-20,24H,3,5-6,8-15H2,1H3/t19?,20-,21-,22-/m0/s1. The van der Waals surface area contributed by atoms with Crippen molar-refractivity contribution >= 4 is 0 Å². The van der Waals surface area contributed by atoms with Gasteiger partial charge in [0, 0.05) is 18.3 Å². The molecule has 1 saturated heterocycles. The fraction of sp³-hybridized carbons (Fsp3) is 0.739. The summed E-state index contributed by atoms with van der Waals surface area (Å²) >= 11 is 0. The summed E-state index contributed by atoms with van der Waals surface area (Å²) in [6, 6.07) is 0. The van der Waals surface area contributed by atoms with Crippen LogP contribution in [0.5, 0.6) is 0 Å². The lowest BCUT2D eigenvalue weighted by molar-refractivity contribution is -0.164. The molecule has 0 amide bonds. The average molecular weight is 354 g/mol. The minimum Gasteiger partial charge on any atom is -0.377 e. The van der Waals surface area contributed by atoms with Crippen molar-refractivity contribution in [3.63, 3.8) is 0 Å². The van der Waals surface area contributed by atoms with Crippen LogP contribution in [0.15, 0.2) is 22.8 Å². The maximum Gasteiger partial charge on any atom is 0.172 e. The van der Waals surface area contributed by atoms with E-state index in [-0.39, 0.29) is 11.2 Å². The fourth-order valence-corrected chi connectivity index (χ4v) is 7.05. The van der Waals surface area contributed by atoms with Crippen LogP contribution in [0.1, 0.15) is 64.7 Å². The highest BCUT2D eigenvalue weighted by Crippen LogP contribution is 2.64. The summed E-state index contributed by atoms with van der Waals surface area (Å²) in [5.41, 5.74) is 3.68. The van der Waals surface area contributed by atoms with E-state index in [1.807, 2.05) is 0 Å². The normalized spacial score (nSPS) is 43.5. The van der Waals surface area contributed by atoms with Crippen LogP contribution < -0.4 is 0 Å². The molecule has 0 radical (unpaired) electrons. The van der Waals surface area contributed by atoms with E-state index in [0.29, 0.717) is 11.8 Å². The molecule has 0 bridgehead atoms. The van der Waals surface area contributed by atoms with Gasteiger partial charge in [0.15, 0.2) is 5.79 Å². The van der Waals surface area contributed by atoms with Gasteiger partial charge in [0.05, 0.1) is 13.2 Å². The minimum absolute atomic E-state index is 0.123. The summed E-state index contributed by atoms with van der Waals surface area (Å²) in [6.07, 6.45) is 17.3. The van der Waals surface area contributed by atoms with Crippen LogP contribution in [0.25, 0.3) is 0 Å². The Morgan fingerprint density at radius 1 is 1.23 bits per heavy atom. The first-order valence-corrected chi connectivity index (χ1v) is 10.5. The molecular weight excluding hydrogens is 324 g/mol. The van der Waals surface area contributed by atoms with Gasteiger partial charge < -0.3 is 14.6 Å². The maximum atomic E-state index is 11.2. The van der Waals surface area contributed by atoms with Gasteiger partial charge in [0.1, 0.15) is 5.60 Å². The van der Waals surface area contributed by atoms with Gasteiger partial charge in [-0.15, -0.1) is 6.42 Å². The molecule has 4 atom stereocenters. The maximum absolute atomic E-state index is 11.2. The Labute approximate surface area is 156 Å². The van der Waals surface area contributed by atoms with Gasteiger partial charge in [0.25, 0.3) is 0 Å². The Hall–Kier alpha value is -1.08. The molecule has 0 aromatic rings. The molecule has 3 nitrogen and oxygen atoms in total. The lowest BCUT2D eigenvalue weighted by Crippen LogP contribution is -2.50. The molecule has 1 aliphatic heterocycles. The zero-order valence-corrected chi connectivity index (χ0v) is 15.9. The largest absolute Gasteiger partial charge is 0.377 e. The Morgan fingerprint density at radius 3 is 2.77 bits per heavy atom. The molecule has 140 valence electrons. The van der Waals surface area contributed by atoms with Crippen LogP contribution in [0.4, 0.5) is 0 Å². The highest BCUT2D eigenvalue weighted by Gasteiger charge is 2.61. The molecule has 1 saturated carbocycles. The van der Waals surface area contributed by atoms with Crippen LogP contribution in [-0.4, -0.2) is 29.7 Å². The highest BCUT2D eigenvalue weighted by atomic mass is 16.7. The second-order valence-corrected chi connectivity index (χ2v) is 9.03. The molecule has 1 spiro atoms. The SMILES string of the molecule is C#C[C@]1(O)CC[C@H]2C3CCC4=C(CCC5(C4)OCCO5)C3=CC[C@@]21CC. The van der Waals surface area contributed by atoms with Crippen molar-refractivity contribution in [2.45, 2.75) is 76.1 Å². The summed E-state index contributed by atoms with van der Waals surface area (Å²) in [5.74, 6) is 3.57. The zero-order chi connectivity index (χ0) is 18.0. The molecule has 3 heteroatoms. The van der Waals surface area contributed by atoms with Crippen LogP contribution >= 0.6 is 0 Å². The highest BCUT2D eigenvalue weighted by molar-refractivity contribution is 5.45. The van der Waals surface area contributed by atoms with Crippen LogP contribution in [-0.2, 0) is 9.47 Å². The van der Waals surface area contributed by atoms with Crippen molar-refractivity contribution in [1.82, 2.24) is 0 Å². The van der Waals surface area contributed by atoms with Crippen LogP contribution in [0, 0.1) is 29.6 Å². The van der Waals surface area contributed by atoms with Crippen LogP contribution in [0.3, 0.4) is 0 Å². The summed E-state index contributed by atoms with van der Waals surface area (Å²) in [5, 5.41) is 11.2. The smallest absolute Gasteiger partial charge is 0.172 e. The molecule has 1 unspecified atom stereocenters. The minimum atomic E-state index is -0.925. The molecule has 5 rings (SSSR count). The number of rotatable bonds is 1. The van der Waals surface area contributed by atoms with Crippen molar-refractivity contribution in [3.8, 4) is 12.3 Å². The first-order valence-electron chi connectivity index (χ1n) is 10.5. The molecule has 5 aliphatic rings. The predicted molar refractivity (Wildman–Crippen MR) is 100 cm³/mol. The number of fused-ring (bicyclic) bond motifs is 4. The lowest BCUT2D eigenvalue weighted by Gasteiger charge is -2.51. The van der Waals surface area contributed by atoms with Gasteiger partial charge >= 0.3 is 0 Å². The molecule has 26 heavy (non-hydrogen) atoms. The van der Waals surface area contributed by atoms with Crippen molar-refractivity contribution in [3.05, 3.63) is 22.8 Å². The molecular formula is C23H30O3. The number of ether oxygens (including phenoxy) is 2. The summed E-state index contributed by atoms with van der Waals surface area (Å²) in [6.45, 7) is 3.69. The number of allylic oxidation sites excluding steroid dienone is 3. The number of aliphatic hydroxyl groups is 1. The number of terminal acetylenes is 1. The van der Waals surface area contributed by atoms with E-state index >= 15 is 0 Å². The van der Waals surface area contributed by atoms with Gasteiger partial charge in [-0.2, -0.15) is 0 Å². The van der Waals surface area contributed by atoms with Crippen LogP contribution in [0.2, 0.25) is 0 Å². The second-order valence-electron chi connectivity index (χ2n) is 9.03. The van der Waals surface area contributed by atoms with Gasteiger partial charge in [0.2, 0.25) is 0 Å². The van der Waals surface area contributed by atoms with Gasteiger partial charge in [-0.05, 0) is 67.9 Å². The zero-order valence-electron chi connectivity index (χ0n) is 15.9. The van der Waals surface area contributed by atoms with E-state index in [1.54, 1.807) is 16.7 Å². The average Bonchev–Trinajstić information content (AvgIpc) is 3.24. The Bertz CT molecular complexity index is 720. The molecule has 1 heterocycles. The third kappa shape index (κ3) is 2.07. The van der Waals surface area contributed by atoms with E-state index in [9.17, 15) is 5.11 Å². The molecule has 4 aliphatic carbocycles. The van der Waals surface area contributed by atoms with Gasteiger partial charge in [-0.25, -0.2) is 0 Å². The van der Waals surface area contributed by atoms with E-state index in [4.69, 9.17) is 15.9 Å². The number of hydrogen-bond acceptors (Lipinski definition) is 3. The lowest BCUT2D eigenvalue weighted by atomic mass is 9.54.